The highest BCUT2D eigenvalue weighted by atomic mass is 16.5. The van der Waals surface area contributed by atoms with Crippen LogP contribution < -0.4 is 10.6 Å². The molecule has 2 N–H and O–H groups in total. The molecular weight excluding hydrogens is 230 g/mol. The highest BCUT2D eigenvalue weighted by molar-refractivity contribution is 5.66. The molecule has 0 bridgehead atoms. The topological polar surface area (TPSA) is 68.7 Å². The van der Waals surface area contributed by atoms with Crippen LogP contribution in [0.3, 0.4) is 0 Å². The molecule has 0 aromatic carbocycles. The molecule has 2 aromatic rings. The number of nitrogens with zero attached hydrogens (tertiary/aromatic N) is 4. The molecule has 2 aromatic heterocycles. The van der Waals surface area contributed by atoms with Crippen LogP contribution in [0.5, 0.6) is 0 Å². The Balaban J connectivity index is 1.99. The predicted molar refractivity (Wildman–Crippen MR) is 69.6 cm³/mol. The molecule has 96 valence electrons. The molecule has 0 unspecified atom stereocenters. The van der Waals surface area contributed by atoms with Gasteiger partial charge in [-0.3, -0.25) is 0 Å². The van der Waals surface area contributed by atoms with Crippen LogP contribution in [-0.2, 0) is 4.74 Å². The van der Waals surface area contributed by atoms with Crippen molar-refractivity contribution in [3.8, 4) is 0 Å². The Labute approximate surface area is 105 Å². The normalized spacial score (nSPS) is 17.2. The maximum Gasteiger partial charge on any atom is 0.180 e. The highest BCUT2D eigenvalue weighted by Crippen LogP contribution is 2.23. The number of hydrogen-bond donors (Lipinski definition) is 1. The molecule has 1 aliphatic rings. The average Bonchev–Trinajstić information content (AvgIpc) is 2.86. The number of ether oxygens (including phenoxy) is 1. The zero-order valence-corrected chi connectivity index (χ0v) is 10.4. The number of nitrogens with two attached hydrogens (primary N) is 1. The lowest BCUT2D eigenvalue weighted by atomic mass is 10.1. The van der Waals surface area contributed by atoms with Gasteiger partial charge in [0.05, 0.1) is 6.20 Å². The maximum atomic E-state index is 5.84. The Morgan fingerprint density at radius 2 is 2.22 bits per heavy atom. The number of imidazole rings is 1. The lowest BCUT2D eigenvalue weighted by Crippen LogP contribution is -2.37. The third-order valence-electron chi connectivity index (χ3n) is 3.45. The summed E-state index contributed by atoms with van der Waals surface area (Å²) >= 11 is 0. The van der Waals surface area contributed by atoms with E-state index in [-0.39, 0.29) is 0 Å². The quantitative estimate of drug-likeness (QED) is 0.855. The number of anilines is 2. The zero-order valence-electron chi connectivity index (χ0n) is 10.4. The largest absolute Gasteiger partial charge is 0.382 e. The van der Waals surface area contributed by atoms with Crippen molar-refractivity contribution in [2.75, 3.05) is 30.9 Å². The molecule has 6 nitrogen and oxygen atoms in total. The molecule has 0 amide bonds. The van der Waals surface area contributed by atoms with Crippen LogP contribution in [0.25, 0.3) is 5.65 Å². The Morgan fingerprint density at radius 1 is 1.44 bits per heavy atom. The summed E-state index contributed by atoms with van der Waals surface area (Å²) in [5, 5.41) is 0. The molecule has 3 heterocycles. The van der Waals surface area contributed by atoms with Crippen molar-refractivity contribution in [2.45, 2.75) is 18.9 Å². The van der Waals surface area contributed by atoms with Gasteiger partial charge in [0.15, 0.2) is 11.5 Å². The van der Waals surface area contributed by atoms with E-state index in [1.165, 1.54) is 0 Å². The van der Waals surface area contributed by atoms with E-state index in [1.807, 2.05) is 17.6 Å². The number of nitrogen functional groups attached to an aromatic ring is 1. The Bertz CT molecular complexity index is 546. The second-order valence-electron chi connectivity index (χ2n) is 4.60. The smallest absolute Gasteiger partial charge is 0.180 e. The van der Waals surface area contributed by atoms with Crippen molar-refractivity contribution in [3.63, 3.8) is 0 Å². The van der Waals surface area contributed by atoms with Crippen LogP contribution in [0.2, 0.25) is 0 Å². The van der Waals surface area contributed by atoms with Crippen molar-refractivity contribution < 1.29 is 4.74 Å². The minimum Gasteiger partial charge on any atom is -0.382 e. The monoisotopic (exact) mass is 247 g/mol. The minimum atomic E-state index is 0.438. The summed E-state index contributed by atoms with van der Waals surface area (Å²) in [6, 6.07) is 0.438. The lowest BCUT2D eigenvalue weighted by molar-refractivity contribution is 0.0854. The van der Waals surface area contributed by atoms with Gasteiger partial charge in [-0.05, 0) is 12.8 Å². The molecule has 0 radical (unpaired) electrons. The first-order chi connectivity index (χ1) is 8.75. The number of aromatic nitrogens is 3. The number of hydrogen-bond acceptors (Lipinski definition) is 5. The first-order valence-electron chi connectivity index (χ1n) is 6.15. The fraction of sp³-hybridized carbons (Fsp3) is 0.500. The summed E-state index contributed by atoms with van der Waals surface area (Å²) < 4.78 is 7.30. The fourth-order valence-electron chi connectivity index (χ4n) is 2.42. The molecule has 6 heteroatoms. The van der Waals surface area contributed by atoms with Crippen LogP contribution in [0.1, 0.15) is 12.8 Å². The number of rotatable bonds is 2. The van der Waals surface area contributed by atoms with Crippen molar-refractivity contribution in [3.05, 3.63) is 18.6 Å². The molecule has 0 aliphatic carbocycles. The van der Waals surface area contributed by atoms with E-state index >= 15 is 0 Å². The summed E-state index contributed by atoms with van der Waals surface area (Å²) in [6.45, 7) is 1.62. The van der Waals surface area contributed by atoms with Gasteiger partial charge in [-0.15, -0.1) is 0 Å². The Hall–Kier alpha value is -1.82. The molecule has 0 spiro atoms. The van der Waals surface area contributed by atoms with Gasteiger partial charge in [-0.2, -0.15) is 0 Å². The van der Waals surface area contributed by atoms with Crippen molar-refractivity contribution in [1.29, 1.82) is 0 Å². The summed E-state index contributed by atoms with van der Waals surface area (Å²) in [6.07, 6.45) is 7.45. The van der Waals surface area contributed by atoms with Gasteiger partial charge in [0, 0.05) is 38.7 Å². The maximum absolute atomic E-state index is 5.84. The van der Waals surface area contributed by atoms with E-state index in [4.69, 9.17) is 10.5 Å². The van der Waals surface area contributed by atoms with Gasteiger partial charge < -0.3 is 19.8 Å². The van der Waals surface area contributed by atoms with E-state index in [0.29, 0.717) is 11.9 Å². The van der Waals surface area contributed by atoms with Crippen molar-refractivity contribution in [1.82, 2.24) is 14.4 Å². The first-order valence-corrected chi connectivity index (χ1v) is 6.15. The van der Waals surface area contributed by atoms with Crippen LogP contribution in [-0.4, -0.2) is 40.7 Å². The third-order valence-corrected chi connectivity index (χ3v) is 3.45. The van der Waals surface area contributed by atoms with Crippen LogP contribution >= 0.6 is 0 Å². The molecule has 0 atom stereocenters. The molecular formula is C12H17N5O. The summed E-state index contributed by atoms with van der Waals surface area (Å²) in [4.78, 5) is 10.9. The second-order valence-corrected chi connectivity index (χ2v) is 4.60. The van der Waals surface area contributed by atoms with Crippen LogP contribution in [0, 0.1) is 0 Å². The Morgan fingerprint density at radius 3 is 3.00 bits per heavy atom. The molecule has 18 heavy (non-hydrogen) atoms. The van der Waals surface area contributed by atoms with Gasteiger partial charge in [-0.25, -0.2) is 9.97 Å². The Kier molecular flexibility index (Phi) is 2.79. The molecule has 1 aliphatic heterocycles. The van der Waals surface area contributed by atoms with Gasteiger partial charge >= 0.3 is 0 Å². The van der Waals surface area contributed by atoms with E-state index in [2.05, 4.69) is 14.9 Å². The lowest BCUT2D eigenvalue weighted by Gasteiger charge is -2.32. The van der Waals surface area contributed by atoms with Crippen molar-refractivity contribution >= 4 is 17.3 Å². The molecule has 1 saturated heterocycles. The fourth-order valence-corrected chi connectivity index (χ4v) is 2.42. The average molecular weight is 247 g/mol. The van der Waals surface area contributed by atoms with Crippen LogP contribution in [0.15, 0.2) is 18.6 Å². The minimum absolute atomic E-state index is 0.438. The standard InChI is InChI=1S/C12H17N5O/c1-16(9-2-6-18-7-3-9)12-11-14-4-5-17(11)8-10(13)15-12/h4-5,8-9H,2-3,6-7,13H2,1H3. The second kappa shape index (κ2) is 4.45. The van der Waals surface area contributed by atoms with Crippen LogP contribution in [0.4, 0.5) is 11.6 Å². The van der Waals surface area contributed by atoms with Gasteiger partial charge in [0.25, 0.3) is 0 Å². The van der Waals surface area contributed by atoms with E-state index < -0.39 is 0 Å². The third kappa shape index (κ3) is 1.88. The van der Waals surface area contributed by atoms with Gasteiger partial charge in [0.2, 0.25) is 0 Å². The highest BCUT2D eigenvalue weighted by Gasteiger charge is 2.22. The predicted octanol–water partition coefficient (Wildman–Crippen LogP) is 0.927. The summed E-state index contributed by atoms with van der Waals surface area (Å²) in [5.41, 5.74) is 6.69. The first kappa shape index (κ1) is 11.3. The van der Waals surface area contributed by atoms with Gasteiger partial charge in [0.1, 0.15) is 5.82 Å². The van der Waals surface area contributed by atoms with Gasteiger partial charge in [-0.1, -0.05) is 0 Å². The molecule has 1 fully saturated rings. The van der Waals surface area contributed by atoms with E-state index in [9.17, 15) is 0 Å². The summed E-state index contributed by atoms with van der Waals surface area (Å²) in [7, 11) is 2.05. The zero-order chi connectivity index (χ0) is 12.5. The SMILES string of the molecule is CN(c1nc(N)cn2ccnc12)C1CCOCC1. The molecule has 0 saturated carbocycles. The van der Waals surface area contributed by atoms with E-state index in [0.717, 1.165) is 37.5 Å². The van der Waals surface area contributed by atoms with E-state index in [1.54, 1.807) is 12.4 Å². The van der Waals surface area contributed by atoms with Crippen molar-refractivity contribution in [2.24, 2.45) is 0 Å². The number of fused-ring (bicyclic) bond motifs is 1. The summed E-state index contributed by atoms with van der Waals surface area (Å²) in [5.74, 6) is 1.35. The molecule has 3 rings (SSSR count).